The third kappa shape index (κ3) is 5.67. The van der Waals surface area contributed by atoms with Crippen LogP contribution in [0.4, 0.5) is 4.39 Å². The van der Waals surface area contributed by atoms with E-state index < -0.39 is 29.1 Å². The molecule has 10 nitrogen and oxygen atoms in total. The van der Waals surface area contributed by atoms with Crippen LogP contribution in [0.5, 0.6) is 5.88 Å². The van der Waals surface area contributed by atoms with Gasteiger partial charge in [-0.15, -0.1) is 0 Å². The molecule has 1 saturated heterocycles. The summed E-state index contributed by atoms with van der Waals surface area (Å²) in [5, 5.41) is 14.2. The van der Waals surface area contributed by atoms with E-state index >= 15 is 0 Å². The molecule has 2 aromatic heterocycles. The van der Waals surface area contributed by atoms with Gasteiger partial charge in [0.15, 0.2) is 11.5 Å². The van der Waals surface area contributed by atoms with E-state index in [0.29, 0.717) is 36.8 Å². The fraction of sp³-hybridized carbons (Fsp3) is 0.520. The zero-order valence-electron chi connectivity index (χ0n) is 21.0. The number of ether oxygens (including phenoxy) is 2. The number of amides is 2. The van der Waals surface area contributed by atoms with Crippen molar-refractivity contribution < 1.29 is 28.0 Å². The first-order chi connectivity index (χ1) is 17.2. The zero-order chi connectivity index (χ0) is 25.9. The second kappa shape index (κ2) is 10.7. The highest BCUT2D eigenvalue weighted by Crippen LogP contribution is 2.26. The average molecular weight is 502 g/mol. The van der Waals surface area contributed by atoms with Crippen LogP contribution in [0.3, 0.4) is 0 Å². The summed E-state index contributed by atoms with van der Waals surface area (Å²) in [7, 11) is 1.46. The number of para-hydroxylation sites is 1. The van der Waals surface area contributed by atoms with Crippen molar-refractivity contribution in [1.82, 2.24) is 25.6 Å². The van der Waals surface area contributed by atoms with E-state index in [0.717, 1.165) is 12.8 Å². The first kappa shape index (κ1) is 25.6. The van der Waals surface area contributed by atoms with Gasteiger partial charge >= 0.3 is 0 Å². The molecular formula is C25H32FN5O5. The number of hydrogen-bond donors (Lipinski definition) is 2. The van der Waals surface area contributed by atoms with E-state index in [2.05, 4.69) is 20.9 Å². The first-order valence-electron chi connectivity index (χ1n) is 12.0. The van der Waals surface area contributed by atoms with Gasteiger partial charge in [0.1, 0.15) is 17.4 Å². The largest absolute Gasteiger partial charge is 0.479 e. The lowest BCUT2D eigenvalue weighted by atomic mass is 9.86. The highest BCUT2D eigenvalue weighted by atomic mass is 19.1. The van der Waals surface area contributed by atoms with Crippen LogP contribution in [-0.2, 0) is 22.6 Å². The van der Waals surface area contributed by atoms with E-state index in [-0.39, 0.29) is 23.7 Å². The van der Waals surface area contributed by atoms with Crippen molar-refractivity contribution in [1.29, 1.82) is 0 Å². The first-order valence-corrected chi connectivity index (χ1v) is 12.0. The zero-order valence-corrected chi connectivity index (χ0v) is 21.0. The van der Waals surface area contributed by atoms with Crippen LogP contribution in [0.15, 0.2) is 28.8 Å². The van der Waals surface area contributed by atoms with Crippen LogP contribution < -0.4 is 15.4 Å². The molecule has 4 rings (SSSR count). The lowest BCUT2D eigenvalue weighted by Gasteiger charge is -2.30. The monoisotopic (exact) mass is 501 g/mol. The van der Waals surface area contributed by atoms with Crippen molar-refractivity contribution >= 4 is 22.7 Å². The molecule has 2 amide bonds. The van der Waals surface area contributed by atoms with Crippen molar-refractivity contribution in [3.05, 3.63) is 41.5 Å². The number of nitrogens with zero attached hydrogens (tertiary/aromatic N) is 3. The van der Waals surface area contributed by atoms with Crippen molar-refractivity contribution in [3.63, 3.8) is 0 Å². The summed E-state index contributed by atoms with van der Waals surface area (Å²) < 4.78 is 31.9. The van der Waals surface area contributed by atoms with E-state index in [9.17, 15) is 14.0 Å². The molecule has 0 bridgehead atoms. The smallest absolute Gasteiger partial charge is 0.273 e. The number of carbonyl (C=O) groups is 2. The van der Waals surface area contributed by atoms with Crippen molar-refractivity contribution in [2.75, 3.05) is 20.3 Å². The molecule has 1 atom stereocenters. The topological polar surface area (TPSA) is 121 Å². The number of benzene rings is 1. The van der Waals surface area contributed by atoms with Gasteiger partial charge in [-0.25, -0.2) is 4.39 Å². The minimum Gasteiger partial charge on any atom is -0.479 e. The van der Waals surface area contributed by atoms with Gasteiger partial charge in [-0.1, -0.05) is 32.9 Å². The van der Waals surface area contributed by atoms with Gasteiger partial charge in [-0.05, 0) is 35.4 Å². The van der Waals surface area contributed by atoms with Gasteiger partial charge in [-0.2, -0.15) is 5.10 Å². The number of fused-ring (bicyclic) bond motifs is 1. The van der Waals surface area contributed by atoms with E-state index in [1.807, 2.05) is 20.8 Å². The quantitative estimate of drug-likeness (QED) is 0.487. The third-order valence-corrected chi connectivity index (χ3v) is 6.29. The molecule has 1 aliphatic rings. The number of nitrogens with one attached hydrogen (secondary N) is 2. The molecule has 194 valence electrons. The number of halogens is 1. The summed E-state index contributed by atoms with van der Waals surface area (Å²) in [4.78, 5) is 26.5. The Bertz CT molecular complexity index is 1230. The number of methoxy groups -OCH3 is 1. The van der Waals surface area contributed by atoms with E-state index in [1.54, 1.807) is 22.9 Å². The minimum atomic E-state index is -0.890. The predicted octanol–water partition coefficient (Wildman–Crippen LogP) is 3.06. The van der Waals surface area contributed by atoms with Gasteiger partial charge in [0.05, 0.1) is 13.7 Å². The van der Waals surface area contributed by atoms with Crippen LogP contribution in [0.2, 0.25) is 0 Å². The maximum Gasteiger partial charge on any atom is 0.273 e. The number of carbonyl (C=O) groups excluding carboxylic acids is 2. The van der Waals surface area contributed by atoms with E-state index in [4.69, 9.17) is 14.0 Å². The Morgan fingerprint density at radius 2 is 2.03 bits per heavy atom. The molecule has 3 heterocycles. The number of hydrogen-bond acceptors (Lipinski definition) is 7. The SMILES string of the molecule is COc1cc(CNC(=O)C(NC(=O)c2nn(CC3CCOCC3)c3c(F)cccc23)C(C)(C)C)on1. The molecule has 11 heteroatoms. The maximum absolute atomic E-state index is 14.8. The standard InChI is InChI=1S/C25H32FN5O5/c1-25(2,3)22(24(33)27-13-16-12-19(34-4)30-36-16)28-23(32)20-17-6-5-7-18(26)21(17)31(29-20)14-15-8-10-35-11-9-15/h5-7,12,15,22H,8-11,13-14H2,1-4H3,(H,27,33)(H,28,32). The van der Waals surface area contributed by atoms with E-state index in [1.165, 1.54) is 13.2 Å². The second-order valence-electron chi connectivity index (χ2n) is 10.0. The molecule has 0 spiro atoms. The third-order valence-electron chi connectivity index (χ3n) is 6.29. The molecule has 1 aliphatic heterocycles. The number of aromatic nitrogens is 3. The summed E-state index contributed by atoms with van der Waals surface area (Å²) in [5.74, 6) is -0.405. The van der Waals surface area contributed by atoms with Crippen LogP contribution >= 0.6 is 0 Å². The molecule has 1 fully saturated rings. The minimum absolute atomic E-state index is 0.0749. The molecule has 36 heavy (non-hydrogen) atoms. The molecular weight excluding hydrogens is 469 g/mol. The maximum atomic E-state index is 14.8. The van der Waals surface area contributed by atoms with Gasteiger partial charge in [0.2, 0.25) is 5.91 Å². The van der Waals surface area contributed by atoms with Crippen LogP contribution in [0.1, 0.15) is 49.9 Å². The van der Waals surface area contributed by atoms with Crippen LogP contribution in [-0.4, -0.2) is 53.1 Å². The fourth-order valence-corrected chi connectivity index (χ4v) is 4.29. The summed E-state index contributed by atoms with van der Waals surface area (Å²) in [6.07, 6.45) is 1.70. The lowest BCUT2D eigenvalue weighted by molar-refractivity contribution is -0.125. The summed E-state index contributed by atoms with van der Waals surface area (Å²) in [6, 6.07) is 5.25. The van der Waals surface area contributed by atoms with Crippen molar-refractivity contribution in [3.8, 4) is 5.88 Å². The van der Waals surface area contributed by atoms with Crippen LogP contribution in [0.25, 0.3) is 10.9 Å². The van der Waals surface area contributed by atoms with Crippen LogP contribution in [0, 0.1) is 17.2 Å². The second-order valence-corrected chi connectivity index (χ2v) is 10.0. The highest BCUT2D eigenvalue weighted by molar-refractivity contribution is 6.06. The van der Waals surface area contributed by atoms with Crippen molar-refractivity contribution in [2.45, 2.75) is 52.7 Å². The normalized spacial score (nSPS) is 15.6. The number of rotatable bonds is 8. The lowest BCUT2D eigenvalue weighted by Crippen LogP contribution is -2.53. The highest BCUT2D eigenvalue weighted by Gasteiger charge is 2.34. The summed E-state index contributed by atoms with van der Waals surface area (Å²) in [5.41, 5.74) is -0.256. The molecule has 1 aromatic carbocycles. The van der Waals surface area contributed by atoms with Gasteiger partial charge in [0, 0.05) is 31.2 Å². The van der Waals surface area contributed by atoms with Gasteiger partial charge in [-0.3, -0.25) is 14.3 Å². The molecule has 2 N–H and O–H groups in total. The summed E-state index contributed by atoms with van der Waals surface area (Å²) >= 11 is 0. The Morgan fingerprint density at radius 3 is 2.69 bits per heavy atom. The Balaban J connectivity index is 1.55. The fourth-order valence-electron chi connectivity index (χ4n) is 4.29. The van der Waals surface area contributed by atoms with Crippen molar-refractivity contribution in [2.24, 2.45) is 11.3 Å². The molecule has 3 aromatic rings. The Hall–Kier alpha value is -3.47. The Kier molecular flexibility index (Phi) is 7.58. The molecule has 1 unspecified atom stereocenters. The van der Waals surface area contributed by atoms with Gasteiger partial charge < -0.3 is 24.6 Å². The van der Waals surface area contributed by atoms with Gasteiger partial charge in [0.25, 0.3) is 11.8 Å². The Morgan fingerprint density at radius 1 is 1.28 bits per heavy atom. The molecule has 0 radical (unpaired) electrons. The predicted molar refractivity (Wildman–Crippen MR) is 129 cm³/mol. The molecule has 0 aliphatic carbocycles. The molecule has 0 saturated carbocycles. The Labute approximate surface area is 208 Å². The average Bonchev–Trinajstić information content (AvgIpc) is 3.46. The summed E-state index contributed by atoms with van der Waals surface area (Å²) in [6.45, 7) is 7.40.